The number of nitrogens with two attached hydrogens (primary N) is 1. The Labute approximate surface area is 159 Å². The Bertz CT molecular complexity index is 619. The zero-order valence-electron chi connectivity index (χ0n) is 14.8. The van der Waals surface area contributed by atoms with Crippen LogP contribution in [0.2, 0.25) is 0 Å². The molecule has 1 saturated heterocycles. The highest BCUT2D eigenvalue weighted by atomic mass is 35.5. The third-order valence-corrected chi connectivity index (χ3v) is 6.21. The van der Waals surface area contributed by atoms with Crippen molar-refractivity contribution in [3.05, 3.63) is 21.4 Å². The minimum atomic E-state index is -0.108. The van der Waals surface area contributed by atoms with Gasteiger partial charge in [0, 0.05) is 36.4 Å². The minimum Gasteiger partial charge on any atom is -0.355 e. The van der Waals surface area contributed by atoms with Crippen molar-refractivity contribution in [1.29, 1.82) is 0 Å². The maximum absolute atomic E-state index is 13.0. The number of hydrogen-bond acceptors (Lipinski definition) is 4. The second-order valence-corrected chi connectivity index (χ2v) is 8.03. The molecule has 1 aromatic rings. The fourth-order valence-corrected chi connectivity index (χ4v) is 4.98. The standard InChI is InChI=1S/C18H27N3O2S.ClH/c1-12-4-5-14-15(11-24-16(14)9-12)18(23)21-8-2-3-13(10-21)17(22)20-7-6-19;/h11-13H,2-10,19H2,1H3,(H,20,22);1H. The number of thiophene rings is 1. The van der Waals surface area contributed by atoms with Crippen molar-refractivity contribution in [2.75, 3.05) is 26.2 Å². The summed E-state index contributed by atoms with van der Waals surface area (Å²) in [6.45, 7) is 4.50. The molecule has 140 valence electrons. The van der Waals surface area contributed by atoms with Gasteiger partial charge in [-0.25, -0.2) is 0 Å². The van der Waals surface area contributed by atoms with Crippen molar-refractivity contribution >= 4 is 35.6 Å². The van der Waals surface area contributed by atoms with Crippen molar-refractivity contribution in [2.45, 2.75) is 39.0 Å². The molecule has 2 unspecified atom stereocenters. The number of hydrogen-bond donors (Lipinski definition) is 2. The predicted molar refractivity (Wildman–Crippen MR) is 103 cm³/mol. The summed E-state index contributed by atoms with van der Waals surface area (Å²) >= 11 is 1.73. The Hall–Kier alpha value is -1.11. The van der Waals surface area contributed by atoms with E-state index in [9.17, 15) is 9.59 Å². The highest BCUT2D eigenvalue weighted by molar-refractivity contribution is 7.10. The van der Waals surface area contributed by atoms with E-state index in [-0.39, 0.29) is 30.1 Å². The Kier molecular flexibility index (Phi) is 7.28. The molecule has 2 heterocycles. The summed E-state index contributed by atoms with van der Waals surface area (Å²) in [5.74, 6) is 0.742. The third kappa shape index (κ3) is 4.54. The lowest BCUT2D eigenvalue weighted by molar-refractivity contribution is -0.126. The van der Waals surface area contributed by atoms with Crippen LogP contribution in [0.5, 0.6) is 0 Å². The molecule has 0 radical (unpaired) electrons. The maximum atomic E-state index is 13.0. The number of rotatable bonds is 4. The van der Waals surface area contributed by atoms with Gasteiger partial charge >= 0.3 is 0 Å². The van der Waals surface area contributed by atoms with Crippen LogP contribution in [0.25, 0.3) is 0 Å². The molecule has 2 aliphatic rings. The molecule has 0 saturated carbocycles. The van der Waals surface area contributed by atoms with Gasteiger partial charge in [0.15, 0.2) is 0 Å². The van der Waals surface area contributed by atoms with Gasteiger partial charge in [0.05, 0.1) is 11.5 Å². The number of piperidine rings is 1. The number of carbonyl (C=O) groups is 2. The molecule has 7 heteroatoms. The van der Waals surface area contributed by atoms with Crippen LogP contribution in [0, 0.1) is 11.8 Å². The first-order valence-electron chi connectivity index (χ1n) is 8.96. The summed E-state index contributed by atoms with van der Waals surface area (Å²) < 4.78 is 0. The van der Waals surface area contributed by atoms with Gasteiger partial charge in [-0.1, -0.05) is 6.92 Å². The summed E-state index contributed by atoms with van der Waals surface area (Å²) in [6.07, 6.45) is 5.00. The summed E-state index contributed by atoms with van der Waals surface area (Å²) in [4.78, 5) is 28.4. The highest BCUT2D eigenvalue weighted by Gasteiger charge is 2.31. The van der Waals surface area contributed by atoms with Gasteiger partial charge in [-0.15, -0.1) is 23.7 Å². The largest absolute Gasteiger partial charge is 0.355 e. The second kappa shape index (κ2) is 9.01. The minimum absolute atomic E-state index is 0. The van der Waals surface area contributed by atoms with Crippen LogP contribution in [-0.4, -0.2) is 42.9 Å². The van der Waals surface area contributed by atoms with E-state index in [1.54, 1.807) is 11.3 Å². The van der Waals surface area contributed by atoms with Gasteiger partial charge in [0.1, 0.15) is 0 Å². The molecule has 1 fully saturated rings. The molecule has 2 atom stereocenters. The van der Waals surface area contributed by atoms with E-state index < -0.39 is 0 Å². The molecule has 1 aliphatic carbocycles. The summed E-state index contributed by atoms with van der Waals surface area (Å²) in [7, 11) is 0. The van der Waals surface area contributed by atoms with Gasteiger partial charge in [0.25, 0.3) is 5.91 Å². The monoisotopic (exact) mass is 385 g/mol. The fraction of sp³-hybridized carbons (Fsp3) is 0.667. The van der Waals surface area contributed by atoms with Crippen LogP contribution in [0.4, 0.5) is 0 Å². The zero-order chi connectivity index (χ0) is 17.1. The molecular weight excluding hydrogens is 358 g/mol. The van der Waals surface area contributed by atoms with Gasteiger partial charge in [-0.05, 0) is 43.6 Å². The molecule has 0 bridgehead atoms. The van der Waals surface area contributed by atoms with E-state index in [2.05, 4.69) is 12.2 Å². The first-order valence-corrected chi connectivity index (χ1v) is 9.84. The topological polar surface area (TPSA) is 75.4 Å². The number of nitrogens with one attached hydrogen (secondary N) is 1. The second-order valence-electron chi connectivity index (χ2n) is 7.07. The highest BCUT2D eigenvalue weighted by Crippen LogP contribution is 2.34. The SMILES string of the molecule is CC1CCc2c(C(=O)N3CCCC(C(=O)NCCN)C3)csc2C1.Cl. The number of halogens is 1. The molecule has 5 nitrogen and oxygen atoms in total. The van der Waals surface area contributed by atoms with Gasteiger partial charge in [0.2, 0.25) is 5.91 Å². The van der Waals surface area contributed by atoms with Crippen molar-refractivity contribution in [1.82, 2.24) is 10.2 Å². The van der Waals surface area contributed by atoms with E-state index in [4.69, 9.17) is 5.73 Å². The molecular formula is C18H28ClN3O2S. The molecule has 3 N–H and O–H groups in total. The first-order chi connectivity index (χ1) is 11.6. The van der Waals surface area contributed by atoms with E-state index in [1.165, 1.54) is 10.4 Å². The average molecular weight is 386 g/mol. The summed E-state index contributed by atoms with van der Waals surface area (Å²) in [5.41, 5.74) is 7.58. The molecule has 1 aliphatic heterocycles. The Morgan fingerprint density at radius 3 is 2.96 bits per heavy atom. The summed E-state index contributed by atoms with van der Waals surface area (Å²) in [5, 5.41) is 4.88. The zero-order valence-corrected chi connectivity index (χ0v) is 16.4. The van der Waals surface area contributed by atoms with E-state index >= 15 is 0 Å². The smallest absolute Gasteiger partial charge is 0.255 e. The molecule has 1 aromatic heterocycles. The van der Waals surface area contributed by atoms with Crippen molar-refractivity contribution in [3.63, 3.8) is 0 Å². The van der Waals surface area contributed by atoms with Crippen LogP contribution >= 0.6 is 23.7 Å². The lowest BCUT2D eigenvalue weighted by Gasteiger charge is -2.32. The average Bonchev–Trinajstić information content (AvgIpc) is 3.02. The third-order valence-electron chi connectivity index (χ3n) is 5.16. The number of amides is 2. The molecule has 3 rings (SSSR count). The molecule has 2 amide bonds. The Balaban J connectivity index is 0.00000225. The van der Waals surface area contributed by atoms with Gasteiger partial charge in [-0.2, -0.15) is 0 Å². The fourth-order valence-electron chi connectivity index (χ4n) is 3.74. The van der Waals surface area contributed by atoms with Crippen LogP contribution in [0.1, 0.15) is 47.0 Å². The summed E-state index contributed by atoms with van der Waals surface area (Å²) in [6, 6.07) is 0. The van der Waals surface area contributed by atoms with Crippen LogP contribution in [-0.2, 0) is 17.6 Å². The van der Waals surface area contributed by atoms with Gasteiger partial charge < -0.3 is 16.0 Å². The van der Waals surface area contributed by atoms with Crippen LogP contribution in [0.15, 0.2) is 5.38 Å². The van der Waals surface area contributed by atoms with Crippen molar-refractivity contribution in [2.24, 2.45) is 17.6 Å². The van der Waals surface area contributed by atoms with E-state index in [0.717, 1.165) is 44.2 Å². The normalized spacial score (nSPS) is 22.7. The van der Waals surface area contributed by atoms with E-state index in [1.807, 2.05) is 10.3 Å². The quantitative estimate of drug-likeness (QED) is 0.834. The number of fused-ring (bicyclic) bond motifs is 1. The molecule has 25 heavy (non-hydrogen) atoms. The lowest BCUT2D eigenvalue weighted by atomic mass is 9.88. The molecule has 0 spiro atoms. The Morgan fingerprint density at radius 2 is 2.20 bits per heavy atom. The number of likely N-dealkylation sites (tertiary alicyclic amines) is 1. The predicted octanol–water partition coefficient (Wildman–Crippen LogP) is 2.22. The van der Waals surface area contributed by atoms with Crippen molar-refractivity contribution in [3.8, 4) is 0 Å². The number of carbonyl (C=O) groups excluding carboxylic acids is 2. The van der Waals surface area contributed by atoms with E-state index in [0.29, 0.717) is 25.6 Å². The Morgan fingerprint density at radius 1 is 1.40 bits per heavy atom. The van der Waals surface area contributed by atoms with Crippen LogP contribution < -0.4 is 11.1 Å². The van der Waals surface area contributed by atoms with Crippen LogP contribution in [0.3, 0.4) is 0 Å². The first kappa shape index (κ1) is 20.2. The van der Waals surface area contributed by atoms with Gasteiger partial charge in [-0.3, -0.25) is 9.59 Å². The maximum Gasteiger partial charge on any atom is 0.255 e. The molecule has 0 aromatic carbocycles. The van der Waals surface area contributed by atoms with Crippen molar-refractivity contribution < 1.29 is 9.59 Å². The lowest BCUT2D eigenvalue weighted by Crippen LogP contribution is -2.46. The number of nitrogens with zero attached hydrogens (tertiary/aromatic N) is 1.